The van der Waals surface area contributed by atoms with E-state index >= 15 is 0 Å². The fraction of sp³-hybridized carbons (Fsp3) is 0.457. The van der Waals surface area contributed by atoms with Gasteiger partial charge in [0.1, 0.15) is 24.4 Å². The van der Waals surface area contributed by atoms with Crippen LogP contribution in [0, 0.1) is 5.82 Å². The molecule has 2 atom stereocenters. The Kier molecular flexibility index (Phi) is 9.48. The fourth-order valence-corrected chi connectivity index (χ4v) is 6.66. The summed E-state index contributed by atoms with van der Waals surface area (Å²) in [4.78, 5) is 25.0. The minimum atomic E-state index is -0.389. The molecule has 0 spiro atoms. The molecule has 3 fully saturated rings. The molecule has 1 N–H and O–H groups in total. The van der Waals surface area contributed by atoms with Crippen LogP contribution in [0.4, 0.5) is 10.1 Å². The lowest BCUT2D eigenvalue weighted by molar-refractivity contribution is -0.129. The summed E-state index contributed by atoms with van der Waals surface area (Å²) in [6.07, 6.45) is 5.56. The second-order valence-corrected chi connectivity index (χ2v) is 12.9. The number of piperidine rings is 1. The standard InChI is InChI=1S/C35H39ClFN5O4/c36-25-8-7-24(28(37)18-25)22-46-34-6-3-4-29(40-34)23-11-14-41(15-12-23)21-33-39-30-19-26(38-35(43)32-5-1-2-16-45-32)9-10-31(30)42(33)20-27-13-17-44-27/h3-4,6-10,18-19,23,27,32H,1-2,5,11-17,20-22H2,(H,38,43)/t27-,32?/m0/s1. The first-order valence-electron chi connectivity index (χ1n) is 16.3. The van der Waals surface area contributed by atoms with Crippen molar-refractivity contribution in [2.45, 2.75) is 76.3 Å². The van der Waals surface area contributed by atoms with Crippen molar-refractivity contribution in [2.75, 3.05) is 31.6 Å². The molecule has 1 amide bonds. The molecule has 3 aliphatic heterocycles. The van der Waals surface area contributed by atoms with Crippen LogP contribution in [-0.2, 0) is 34.0 Å². The summed E-state index contributed by atoms with van der Waals surface area (Å²) in [7, 11) is 0. The fourth-order valence-electron chi connectivity index (χ4n) is 6.50. The Morgan fingerprint density at radius 2 is 1.87 bits per heavy atom. The van der Waals surface area contributed by atoms with Crippen molar-refractivity contribution in [3.05, 3.63) is 82.5 Å². The molecule has 3 saturated heterocycles. The Balaban J connectivity index is 0.996. The Bertz CT molecular complexity index is 1680. The summed E-state index contributed by atoms with van der Waals surface area (Å²) in [5, 5.41) is 3.40. The number of imidazole rings is 1. The molecule has 242 valence electrons. The number of aromatic nitrogens is 3. The summed E-state index contributed by atoms with van der Waals surface area (Å²) < 4.78 is 33.8. The smallest absolute Gasteiger partial charge is 0.253 e. The van der Waals surface area contributed by atoms with Crippen LogP contribution in [0.3, 0.4) is 0 Å². The van der Waals surface area contributed by atoms with E-state index in [0.717, 1.165) is 99.5 Å². The number of rotatable bonds is 10. The van der Waals surface area contributed by atoms with Gasteiger partial charge in [-0.25, -0.2) is 14.4 Å². The third kappa shape index (κ3) is 7.20. The topological polar surface area (TPSA) is 90.7 Å². The van der Waals surface area contributed by atoms with Gasteiger partial charge in [-0.3, -0.25) is 9.69 Å². The normalized spacial score (nSPS) is 20.8. The van der Waals surface area contributed by atoms with Crippen molar-refractivity contribution >= 4 is 34.2 Å². The zero-order valence-corrected chi connectivity index (χ0v) is 26.6. The second-order valence-electron chi connectivity index (χ2n) is 12.4. The Labute approximate surface area is 273 Å². The molecule has 9 nitrogen and oxygen atoms in total. The van der Waals surface area contributed by atoms with Gasteiger partial charge in [0, 0.05) is 47.2 Å². The predicted octanol–water partition coefficient (Wildman–Crippen LogP) is 6.48. The number of amides is 1. The SMILES string of the molecule is O=C(Nc1ccc2c(c1)nc(CN1CCC(c3cccc(OCc4ccc(Cl)cc4F)n3)CC1)n2C[C@@H]1CCO1)C1CCCCO1. The van der Waals surface area contributed by atoms with Crippen LogP contribution in [0.15, 0.2) is 54.6 Å². The molecule has 2 aromatic carbocycles. The number of anilines is 1. The van der Waals surface area contributed by atoms with Crippen molar-refractivity contribution in [3.8, 4) is 5.88 Å². The third-order valence-electron chi connectivity index (χ3n) is 9.25. The molecular weight excluding hydrogens is 609 g/mol. The number of hydrogen-bond donors (Lipinski definition) is 1. The largest absolute Gasteiger partial charge is 0.473 e. The molecule has 3 aliphatic rings. The van der Waals surface area contributed by atoms with Crippen LogP contribution in [0.25, 0.3) is 11.0 Å². The molecule has 46 heavy (non-hydrogen) atoms. The summed E-state index contributed by atoms with van der Waals surface area (Å²) in [6, 6.07) is 16.4. The molecule has 7 rings (SSSR count). The number of carbonyl (C=O) groups is 1. The van der Waals surface area contributed by atoms with Crippen LogP contribution in [0.1, 0.15) is 61.5 Å². The molecule has 0 bridgehead atoms. The van der Waals surface area contributed by atoms with Crippen LogP contribution in [0.5, 0.6) is 5.88 Å². The second kappa shape index (κ2) is 14.0. The number of halogens is 2. The molecule has 0 saturated carbocycles. The first kappa shape index (κ1) is 31.1. The maximum atomic E-state index is 14.2. The Morgan fingerprint density at radius 3 is 2.63 bits per heavy atom. The van der Waals surface area contributed by atoms with E-state index in [9.17, 15) is 9.18 Å². The molecule has 2 aromatic heterocycles. The number of nitrogens with zero attached hydrogens (tertiary/aromatic N) is 4. The van der Waals surface area contributed by atoms with Gasteiger partial charge in [0.25, 0.3) is 5.91 Å². The van der Waals surface area contributed by atoms with E-state index in [4.69, 9.17) is 35.8 Å². The molecule has 0 aliphatic carbocycles. The number of likely N-dealkylation sites (tertiary alicyclic amines) is 1. The highest BCUT2D eigenvalue weighted by Gasteiger charge is 2.27. The average Bonchev–Trinajstić information content (AvgIpc) is 3.38. The first-order valence-corrected chi connectivity index (χ1v) is 16.7. The Morgan fingerprint density at radius 1 is 1.00 bits per heavy atom. The van der Waals surface area contributed by atoms with E-state index in [0.29, 0.717) is 29.0 Å². The lowest BCUT2D eigenvalue weighted by Crippen LogP contribution is -2.35. The maximum absolute atomic E-state index is 14.2. The van der Waals surface area contributed by atoms with Gasteiger partial charge in [-0.15, -0.1) is 0 Å². The number of ether oxygens (including phenoxy) is 3. The van der Waals surface area contributed by atoms with Crippen LogP contribution in [0.2, 0.25) is 5.02 Å². The molecule has 0 radical (unpaired) electrons. The van der Waals surface area contributed by atoms with E-state index < -0.39 is 0 Å². The quantitative estimate of drug-likeness (QED) is 0.211. The number of nitrogens with one attached hydrogen (secondary N) is 1. The van der Waals surface area contributed by atoms with Crippen LogP contribution >= 0.6 is 11.6 Å². The number of pyridine rings is 1. The van der Waals surface area contributed by atoms with Gasteiger partial charge in [-0.05, 0) is 88.0 Å². The van der Waals surface area contributed by atoms with E-state index in [2.05, 4.69) is 20.9 Å². The number of benzene rings is 2. The summed E-state index contributed by atoms with van der Waals surface area (Å²) in [5.74, 6) is 1.33. The van der Waals surface area contributed by atoms with Gasteiger partial charge in [-0.2, -0.15) is 0 Å². The summed E-state index contributed by atoms with van der Waals surface area (Å²) in [5.41, 5.74) is 4.09. The highest BCUT2D eigenvalue weighted by atomic mass is 35.5. The van der Waals surface area contributed by atoms with Gasteiger partial charge in [0.15, 0.2) is 0 Å². The van der Waals surface area contributed by atoms with E-state index in [1.165, 1.54) is 6.07 Å². The highest BCUT2D eigenvalue weighted by Crippen LogP contribution is 2.30. The molecule has 5 heterocycles. The number of carbonyl (C=O) groups excluding carboxylic acids is 1. The third-order valence-corrected chi connectivity index (χ3v) is 9.49. The molecular formula is C35H39ClFN5O4. The van der Waals surface area contributed by atoms with Crippen LogP contribution < -0.4 is 10.1 Å². The average molecular weight is 648 g/mol. The summed E-state index contributed by atoms with van der Waals surface area (Å²) in [6.45, 7) is 4.86. The molecule has 1 unspecified atom stereocenters. The van der Waals surface area contributed by atoms with Gasteiger partial charge in [0.05, 0.1) is 30.2 Å². The van der Waals surface area contributed by atoms with Crippen LogP contribution in [-0.4, -0.2) is 63.9 Å². The zero-order valence-electron chi connectivity index (χ0n) is 25.8. The lowest BCUT2D eigenvalue weighted by atomic mass is 9.93. The van der Waals surface area contributed by atoms with E-state index in [-0.39, 0.29) is 30.5 Å². The Hall–Kier alpha value is -3.57. The first-order chi connectivity index (χ1) is 22.5. The van der Waals surface area contributed by atoms with Crippen molar-refractivity contribution in [3.63, 3.8) is 0 Å². The molecule has 4 aromatic rings. The highest BCUT2D eigenvalue weighted by molar-refractivity contribution is 6.30. The minimum absolute atomic E-state index is 0.0909. The maximum Gasteiger partial charge on any atom is 0.253 e. The van der Waals surface area contributed by atoms with Gasteiger partial charge >= 0.3 is 0 Å². The van der Waals surface area contributed by atoms with Gasteiger partial charge < -0.3 is 24.1 Å². The number of fused-ring (bicyclic) bond motifs is 1. The van der Waals surface area contributed by atoms with Gasteiger partial charge in [0.2, 0.25) is 5.88 Å². The van der Waals surface area contributed by atoms with Crippen molar-refractivity contribution in [1.29, 1.82) is 0 Å². The van der Waals surface area contributed by atoms with E-state index in [1.807, 2.05) is 30.3 Å². The predicted molar refractivity (Wildman–Crippen MR) is 174 cm³/mol. The van der Waals surface area contributed by atoms with Crippen molar-refractivity contribution in [2.24, 2.45) is 0 Å². The minimum Gasteiger partial charge on any atom is -0.473 e. The molecule has 11 heteroatoms. The van der Waals surface area contributed by atoms with E-state index in [1.54, 1.807) is 12.1 Å². The monoisotopic (exact) mass is 647 g/mol. The zero-order chi connectivity index (χ0) is 31.5. The van der Waals surface area contributed by atoms with Gasteiger partial charge in [-0.1, -0.05) is 23.7 Å². The van der Waals surface area contributed by atoms with Crippen molar-refractivity contribution < 1.29 is 23.4 Å². The summed E-state index contributed by atoms with van der Waals surface area (Å²) >= 11 is 5.87. The number of hydrogen-bond acceptors (Lipinski definition) is 7. The lowest BCUT2D eigenvalue weighted by Gasteiger charge is -2.32. The van der Waals surface area contributed by atoms with Crippen molar-refractivity contribution in [1.82, 2.24) is 19.4 Å².